The van der Waals surface area contributed by atoms with Crippen molar-refractivity contribution in [1.82, 2.24) is 5.32 Å². The second-order valence-corrected chi connectivity index (χ2v) is 9.60. The van der Waals surface area contributed by atoms with Crippen LogP contribution in [-0.2, 0) is 19.1 Å². The Morgan fingerprint density at radius 3 is 2.59 bits per heavy atom. The van der Waals surface area contributed by atoms with Crippen molar-refractivity contribution in [1.29, 1.82) is 0 Å². The van der Waals surface area contributed by atoms with Crippen molar-refractivity contribution in [2.24, 2.45) is 23.5 Å². The molecule has 4 N–H and O–H groups in total. The van der Waals surface area contributed by atoms with Crippen molar-refractivity contribution in [3.05, 3.63) is 24.3 Å². The third-order valence-electron chi connectivity index (χ3n) is 6.23. The van der Waals surface area contributed by atoms with Gasteiger partial charge in [-0.3, -0.25) is 19.3 Å². The lowest BCUT2D eigenvalue weighted by molar-refractivity contribution is -0.152. The molecule has 0 spiro atoms. The van der Waals surface area contributed by atoms with Gasteiger partial charge in [0.25, 0.3) is 0 Å². The molecule has 0 saturated carbocycles. The number of carbonyl (C=O) groups is 3. The highest BCUT2D eigenvalue weighted by atomic mass is 79.9. The van der Waals surface area contributed by atoms with Crippen LogP contribution in [0.15, 0.2) is 29.2 Å². The van der Waals surface area contributed by atoms with Gasteiger partial charge in [0, 0.05) is 4.90 Å². The van der Waals surface area contributed by atoms with E-state index in [9.17, 15) is 19.5 Å². The molecule has 2 heterocycles. The molecule has 2 aliphatic heterocycles. The molecule has 1 unspecified atom stereocenters. The predicted molar refractivity (Wildman–Crippen MR) is 144 cm³/mol. The lowest BCUT2D eigenvalue weighted by Crippen LogP contribution is -2.48. The summed E-state index contributed by atoms with van der Waals surface area (Å²) >= 11 is 1.31. The second-order valence-electron chi connectivity index (χ2n) is 8.38. The van der Waals surface area contributed by atoms with Crippen molar-refractivity contribution in [2.45, 2.75) is 49.3 Å². The number of halogens is 2. The fourth-order valence-corrected chi connectivity index (χ4v) is 5.83. The number of nitrogens with two attached hydrogens (primary N) is 1. The molecule has 192 valence electrons. The summed E-state index contributed by atoms with van der Waals surface area (Å²) in [5.41, 5.74) is 6.99. The van der Waals surface area contributed by atoms with Crippen LogP contribution in [0.5, 0.6) is 0 Å². The highest BCUT2D eigenvalue weighted by molar-refractivity contribution is 8.93. The molecule has 1 amide bonds. The number of benzene rings is 1. The average molecular weight is 625 g/mol. The van der Waals surface area contributed by atoms with Crippen LogP contribution >= 0.6 is 45.7 Å². The Kier molecular flexibility index (Phi) is 13.7. The lowest BCUT2D eigenvalue weighted by atomic mass is 9.84. The van der Waals surface area contributed by atoms with Crippen molar-refractivity contribution in [3.8, 4) is 0 Å². The van der Waals surface area contributed by atoms with Crippen LogP contribution in [0.25, 0.3) is 0 Å². The molecule has 2 aliphatic rings. The van der Waals surface area contributed by atoms with Crippen LogP contribution in [0.4, 0.5) is 5.69 Å². The van der Waals surface area contributed by atoms with E-state index in [0.717, 1.165) is 43.7 Å². The Labute approximate surface area is 226 Å². The average Bonchev–Trinajstić information content (AvgIpc) is 2.86. The summed E-state index contributed by atoms with van der Waals surface area (Å²) in [6, 6.07) is 7.12. The number of piperidine rings is 1. The van der Waals surface area contributed by atoms with E-state index < -0.39 is 41.6 Å². The van der Waals surface area contributed by atoms with E-state index in [1.54, 1.807) is 19.1 Å². The number of aliphatic carboxylic acids is 1. The third kappa shape index (κ3) is 7.94. The molecule has 11 heteroatoms. The van der Waals surface area contributed by atoms with E-state index in [1.165, 1.54) is 16.7 Å². The molecule has 34 heavy (non-hydrogen) atoms. The zero-order valence-corrected chi connectivity index (χ0v) is 23.6. The van der Waals surface area contributed by atoms with Gasteiger partial charge < -0.3 is 20.9 Å². The van der Waals surface area contributed by atoms with Gasteiger partial charge in [-0.15, -0.1) is 45.7 Å². The Morgan fingerprint density at radius 2 is 1.94 bits per heavy atom. The van der Waals surface area contributed by atoms with Gasteiger partial charge in [-0.2, -0.15) is 0 Å². The predicted octanol–water partition coefficient (Wildman–Crippen LogP) is 3.62. The van der Waals surface area contributed by atoms with E-state index in [4.69, 9.17) is 10.5 Å². The van der Waals surface area contributed by atoms with Crippen molar-refractivity contribution < 1.29 is 24.2 Å². The lowest BCUT2D eigenvalue weighted by Gasteiger charge is -2.31. The molecule has 1 aromatic rings. The quantitative estimate of drug-likeness (QED) is 0.356. The third-order valence-corrected chi connectivity index (χ3v) is 7.39. The topological polar surface area (TPSA) is 122 Å². The summed E-state index contributed by atoms with van der Waals surface area (Å²) in [5.74, 6) is -2.95. The molecule has 3 atom stereocenters. The molecule has 0 bridgehead atoms. The van der Waals surface area contributed by atoms with E-state index in [-0.39, 0.29) is 40.6 Å². The minimum absolute atomic E-state index is 0. The molecule has 0 aliphatic carbocycles. The fourth-order valence-electron chi connectivity index (χ4n) is 4.63. The summed E-state index contributed by atoms with van der Waals surface area (Å²) < 4.78 is 5.33. The zero-order valence-electron chi connectivity index (χ0n) is 19.3. The summed E-state index contributed by atoms with van der Waals surface area (Å²) in [5, 5.41) is 12.1. The van der Waals surface area contributed by atoms with Crippen molar-refractivity contribution in [2.75, 3.05) is 31.1 Å². The normalized spacial score (nSPS) is 21.4. The second kappa shape index (κ2) is 15.1. The summed E-state index contributed by atoms with van der Waals surface area (Å²) in [6.07, 6.45) is 4.50. The van der Waals surface area contributed by atoms with Crippen molar-refractivity contribution in [3.63, 3.8) is 0 Å². The van der Waals surface area contributed by atoms with Gasteiger partial charge in [0.2, 0.25) is 5.91 Å². The van der Waals surface area contributed by atoms with Crippen LogP contribution in [0.3, 0.4) is 0 Å². The molecular formula is C23H35Br2N3O5S. The highest BCUT2D eigenvalue weighted by Gasteiger charge is 2.44. The molecule has 0 radical (unpaired) electrons. The van der Waals surface area contributed by atoms with E-state index in [2.05, 4.69) is 5.32 Å². The summed E-state index contributed by atoms with van der Waals surface area (Å²) in [7, 11) is 0. The maximum atomic E-state index is 13.6. The highest BCUT2D eigenvalue weighted by Crippen LogP contribution is 2.42. The number of carboxylic acid groups (broad SMARTS) is 1. The number of carboxylic acids is 1. The molecule has 1 fully saturated rings. The number of esters is 1. The fraction of sp³-hybridized carbons (Fsp3) is 0.609. The standard InChI is InChI=1S/C23H33N3O5S.2BrH/c1-2-31-23(30)16(7-5-6-15-10-12-25-13-11-15)20-21(24)32-18-9-4-3-8-17(18)26(22(20)29)14-19(27)28;;/h3-4,8-9,15-16,20-21,25H,2,5-7,10-14,24H2,1H3,(H,27,28);2*1H/t16-,20-,21?;;/m0../s1. The van der Waals surface area contributed by atoms with Gasteiger partial charge in [0.15, 0.2) is 0 Å². The van der Waals surface area contributed by atoms with E-state index >= 15 is 0 Å². The number of anilines is 1. The van der Waals surface area contributed by atoms with E-state index in [0.29, 0.717) is 18.0 Å². The van der Waals surface area contributed by atoms with E-state index in [1.807, 2.05) is 12.1 Å². The van der Waals surface area contributed by atoms with Crippen LogP contribution in [0, 0.1) is 17.8 Å². The first kappa shape index (κ1) is 30.9. The molecule has 0 aromatic heterocycles. The summed E-state index contributed by atoms with van der Waals surface area (Å²) in [4.78, 5) is 40.1. The van der Waals surface area contributed by atoms with Gasteiger partial charge in [-0.25, -0.2) is 0 Å². The number of carbonyl (C=O) groups excluding carboxylic acids is 2. The number of nitrogens with one attached hydrogen (secondary N) is 1. The Balaban J connectivity index is 0.00000289. The maximum Gasteiger partial charge on any atom is 0.323 e. The van der Waals surface area contributed by atoms with Gasteiger partial charge in [-0.05, 0) is 57.3 Å². The zero-order chi connectivity index (χ0) is 23.1. The van der Waals surface area contributed by atoms with Gasteiger partial charge in [0.05, 0.1) is 29.5 Å². The van der Waals surface area contributed by atoms with Crippen LogP contribution < -0.4 is 16.0 Å². The SMILES string of the molecule is Br.Br.CCOC(=O)[C@@H](CCCC1CCNCC1)[C@@H]1C(=O)N(CC(=O)O)c2ccccc2SC1N. The molecule has 1 saturated heterocycles. The number of nitrogens with zero attached hydrogens (tertiary/aromatic N) is 1. The Morgan fingerprint density at radius 1 is 1.26 bits per heavy atom. The first-order chi connectivity index (χ1) is 15.4. The van der Waals surface area contributed by atoms with Gasteiger partial charge >= 0.3 is 11.9 Å². The minimum Gasteiger partial charge on any atom is -0.480 e. The minimum atomic E-state index is -1.12. The van der Waals surface area contributed by atoms with Gasteiger partial charge in [-0.1, -0.05) is 25.0 Å². The van der Waals surface area contributed by atoms with Crippen molar-refractivity contribution >= 4 is 69.3 Å². The molecule has 1 aromatic carbocycles. The first-order valence-electron chi connectivity index (χ1n) is 11.3. The monoisotopic (exact) mass is 623 g/mol. The molecule has 8 nitrogen and oxygen atoms in total. The smallest absolute Gasteiger partial charge is 0.323 e. The number of fused-ring (bicyclic) bond motifs is 1. The Bertz CT molecular complexity index is 826. The van der Waals surface area contributed by atoms with Crippen LogP contribution in [-0.4, -0.2) is 54.6 Å². The first-order valence-corrected chi connectivity index (χ1v) is 12.2. The maximum absolute atomic E-state index is 13.6. The number of thioether (sulfide) groups is 1. The molecule has 3 rings (SSSR count). The van der Waals surface area contributed by atoms with Gasteiger partial charge in [0.1, 0.15) is 6.54 Å². The summed E-state index contributed by atoms with van der Waals surface area (Å²) in [6.45, 7) is 3.49. The number of hydrogen-bond donors (Lipinski definition) is 3. The largest absolute Gasteiger partial charge is 0.480 e. The van der Waals surface area contributed by atoms with Crippen LogP contribution in [0.1, 0.15) is 39.0 Å². The number of para-hydroxylation sites is 1. The number of ether oxygens (including phenoxy) is 1. The number of amides is 1. The Hall–Kier alpha value is -1.14. The van der Waals surface area contributed by atoms with Crippen LogP contribution in [0.2, 0.25) is 0 Å². The number of hydrogen-bond acceptors (Lipinski definition) is 7. The molecular weight excluding hydrogens is 590 g/mol. The number of rotatable bonds is 9.